The van der Waals surface area contributed by atoms with Crippen LogP contribution in [-0.2, 0) is 12.7 Å². The highest BCUT2D eigenvalue weighted by Gasteiger charge is 2.29. The van der Waals surface area contributed by atoms with Gasteiger partial charge >= 0.3 is 6.18 Å². The predicted octanol–water partition coefficient (Wildman–Crippen LogP) is 2.41. The Bertz CT molecular complexity index is 426. The smallest absolute Gasteiger partial charge is 0.355 e. The van der Waals surface area contributed by atoms with E-state index in [1.54, 1.807) is 0 Å². The molecule has 1 aromatic rings. The van der Waals surface area contributed by atoms with Crippen LogP contribution in [0.3, 0.4) is 0 Å². The normalized spacial score (nSPS) is 12.3. The quantitative estimate of drug-likeness (QED) is 0.256. The van der Waals surface area contributed by atoms with Gasteiger partial charge in [-0.25, -0.2) is 10.8 Å². The van der Waals surface area contributed by atoms with Gasteiger partial charge in [0.2, 0.25) is 5.96 Å². The first kappa shape index (κ1) is 16.3. The molecule has 0 bridgehead atoms. The van der Waals surface area contributed by atoms with Crippen molar-refractivity contribution in [1.29, 1.82) is 0 Å². The van der Waals surface area contributed by atoms with Gasteiger partial charge < -0.3 is 5.32 Å². The van der Waals surface area contributed by atoms with Crippen LogP contribution in [0.15, 0.2) is 29.3 Å². The van der Waals surface area contributed by atoms with Crippen molar-refractivity contribution in [3.63, 3.8) is 0 Å². The average molecular weight is 288 g/mol. The van der Waals surface area contributed by atoms with Gasteiger partial charge in [-0.2, -0.15) is 13.2 Å². The lowest BCUT2D eigenvalue weighted by Gasteiger charge is -2.09. The van der Waals surface area contributed by atoms with E-state index in [0.29, 0.717) is 11.5 Å². The molecule has 112 valence electrons. The number of nitrogens with one attached hydrogen (secondary N) is 2. The highest BCUT2D eigenvalue weighted by atomic mass is 19.4. The van der Waals surface area contributed by atoms with E-state index in [2.05, 4.69) is 22.7 Å². The Morgan fingerprint density at radius 3 is 2.40 bits per heavy atom. The fourth-order valence-electron chi connectivity index (χ4n) is 1.51. The molecular weight excluding hydrogens is 269 g/mol. The molecule has 0 atom stereocenters. The number of hydrazine groups is 1. The fraction of sp³-hybridized carbons (Fsp3) is 0.462. The van der Waals surface area contributed by atoms with Crippen molar-refractivity contribution in [2.45, 2.75) is 32.5 Å². The number of nitrogens with zero attached hydrogens (tertiary/aromatic N) is 1. The molecule has 0 aromatic heterocycles. The third-order valence-electron chi connectivity index (χ3n) is 2.66. The van der Waals surface area contributed by atoms with Crippen LogP contribution in [0.1, 0.15) is 30.9 Å². The van der Waals surface area contributed by atoms with Crippen molar-refractivity contribution in [2.75, 3.05) is 6.54 Å². The van der Waals surface area contributed by atoms with E-state index in [0.717, 1.165) is 31.5 Å². The summed E-state index contributed by atoms with van der Waals surface area (Å²) >= 11 is 0. The summed E-state index contributed by atoms with van der Waals surface area (Å²) in [6, 6.07) is 4.91. The van der Waals surface area contributed by atoms with E-state index >= 15 is 0 Å². The largest absolute Gasteiger partial charge is 0.416 e. The molecule has 0 spiro atoms. The van der Waals surface area contributed by atoms with Crippen LogP contribution < -0.4 is 16.6 Å². The number of halogens is 3. The SMILES string of the molecule is CCCCNC(=NCc1ccc(C(F)(F)F)cc1)NN. The molecule has 0 aliphatic rings. The number of aliphatic imine (C=N–C) groups is 1. The van der Waals surface area contributed by atoms with Crippen molar-refractivity contribution in [3.05, 3.63) is 35.4 Å². The Morgan fingerprint density at radius 1 is 1.25 bits per heavy atom. The van der Waals surface area contributed by atoms with Gasteiger partial charge in [-0.3, -0.25) is 5.43 Å². The molecule has 4 nitrogen and oxygen atoms in total. The summed E-state index contributed by atoms with van der Waals surface area (Å²) in [5.74, 6) is 5.74. The van der Waals surface area contributed by atoms with Crippen LogP contribution in [0.25, 0.3) is 0 Å². The lowest BCUT2D eigenvalue weighted by Crippen LogP contribution is -2.41. The van der Waals surface area contributed by atoms with Gasteiger partial charge in [0.15, 0.2) is 0 Å². The monoisotopic (exact) mass is 288 g/mol. The summed E-state index contributed by atoms with van der Waals surface area (Å²) in [6.07, 6.45) is -2.28. The predicted molar refractivity (Wildman–Crippen MR) is 72.8 cm³/mol. The Morgan fingerprint density at radius 2 is 1.90 bits per heavy atom. The zero-order chi connectivity index (χ0) is 15.0. The number of benzene rings is 1. The molecule has 0 fully saturated rings. The molecule has 1 aromatic carbocycles. The molecule has 7 heteroatoms. The Kier molecular flexibility index (Phi) is 6.30. The third-order valence-corrected chi connectivity index (χ3v) is 2.66. The molecule has 0 saturated carbocycles. The molecular formula is C13H19F3N4. The van der Waals surface area contributed by atoms with Crippen molar-refractivity contribution in [2.24, 2.45) is 10.8 Å². The highest BCUT2D eigenvalue weighted by molar-refractivity contribution is 5.79. The summed E-state index contributed by atoms with van der Waals surface area (Å²) in [5.41, 5.74) is 2.45. The van der Waals surface area contributed by atoms with Gasteiger partial charge in [0, 0.05) is 6.54 Å². The topological polar surface area (TPSA) is 62.4 Å². The fourth-order valence-corrected chi connectivity index (χ4v) is 1.51. The summed E-state index contributed by atoms with van der Waals surface area (Å²) < 4.78 is 37.2. The second-order valence-electron chi connectivity index (χ2n) is 4.28. The maximum atomic E-state index is 12.4. The first-order valence-corrected chi connectivity index (χ1v) is 6.38. The first-order valence-electron chi connectivity index (χ1n) is 6.38. The number of guanidine groups is 1. The second kappa shape index (κ2) is 7.74. The molecule has 1 rings (SSSR count). The van der Waals surface area contributed by atoms with Crippen LogP contribution in [-0.4, -0.2) is 12.5 Å². The van der Waals surface area contributed by atoms with Crippen LogP contribution >= 0.6 is 0 Å². The van der Waals surface area contributed by atoms with Gasteiger partial charge in [0.1, 0.15) is 0 Å². The number of alkyl halides is 3. The summed E-state index contributed by atoms with van der Waals surface area (Å²) in [6.45, 7) is 3.07. The Balaban J connectivity index is 2.59. The van der Waals surface area contributed by atoms with Gasteiger partial charge in [-0.15, -0.1) is 0 Å². The standard InChI is InChI=1S/C13H19F3N4/c1-2-3-8-18-12(20-17)19-9-10-4-6-11(7-5-10)13(14,15)16/h4-7H,2-3,8-9,17H2,1H3,(H2,18,19,20). The van der Waals surface area contributed by atoms with E-state index in [-0.39, 0.29) is 6.54 Å². The summed E-state index contributed by atoms with van der Waals surface area (Å²) in [4.78, 5) is 4.16. The zero-order valence-electron chi connectivity index (χ0n) is 11.3. The number of rotatable bonds is 5. The van der Waals surface area contributed by atoms with E-state index in [1.807, 2.05) is 0 Å². The van der Waals surface area contributed by atoms with Crippen molar-refractivity contribution in [1.82, 2.24) is 10.7 Å². The minimum Gasteiger partial charge on any atom is -0.355 e. The van der Waals surface area contributed by atoms with Crippen LogP contribution in [0, 0.1) is 0 Å². The van der Waals surface area contributed by atoms with Crippen molar-refractivity contribution >= 4 is 5.96 Å². The number of hydrogen-bond donors (Lipinski definition) is 3. The molecule has 20 heavy (non-hydrogen) atoms. The summed E-state index contributed by atoms with van der Waals surface area (Å²) in [5, 5.41) is 3.01. The molecule has 0 aliphatic heterocycles. The molecule has 4 N–H and O–H groups in total. The van der Waals surface area contributed by atoms with E-state index < -0.39 is 11.7 Å². The van der Waals surface area contributed by atoms with Crippen molar-refractivity contribution in [3.8, 4) is 0 Å². The minimum absolute atomic E-state index is 0.261. The molecule has 0 unspecified atom stereocenters. The number of nitrogens with two attached hydrogens (primary N) is 1. The minimum atomic E-state index is -4.31. The first-order chi connectivity index (χ1) is 9.47. The maximum absolute atomic E-state index is 12.4. The molecule has 0 saturated heterocycles. The average Bonchev–Trinajstić information content (AvgIpc) is 2.42. The van der Waals surface area contributed by atoms with Gasteiger partial charge in [-0.1, -0.05) is 25.5 Å². The van der Waals surface area contributed by atoms with Crippen molar-refractivity contribution < 1.29 is 13.2 Å². The van der Waals surface area contributed by atoms with Crippen LogP contribution in [0.2, 0.25) is 0 Å². The molecule has 0 heterocycles. The number of unbranched alkanes of at least 4 members (excludes halogenated alkanes) is 1. The Hall–Kier alpha value is -1.76. The van der Waals surface area contributed by atoms with E-state index in [9.17, 15) is 13.2 Å². The number of hydrogen-bond acceptors (Lipinski definition) is 2. The second-order valence-corrected chi connectivity index (χ2v) is 4.28. The van der Waals surface area contributed by atoms with E-state index in [1.165, 1.54) is 12.1 Å². The third kappa shape index (κ3) is 5.48. The lowest BCUT2D eigenvalue weighted by atomic mass is 10.1. The van der Waals surface area contributed by atoms with Gasteiger partial charge in [-0.05, 0) is 24.1 Å². The van der Waals surface area contributed by atoms with Crippen LogP contribution in [0.4, 0.5) is 13.2 Å². The zero-order valence-corrected chi connectivity index (χ0v) is 11.3. The van der Waals surface area contributed by atoms with E-state index in [4.69, 9.17) is 5.84 Å². The van der Waals surface area contributed by atoms with Crippen LogP contribution in [0.5, 0.6) is 0 Å². The molecule has 0 radical (unpaired) electrons. The molecule has 0 aliphatic carbocycles. The summed E-state index contributed by atoms with van der Waals surface area (Å²) in [7, 11) is 0. The molecule has 0 amide bonds. The Labute approximate surface area is 116 Å². The van der Waals surface area contributed by atoms with Gasteiger partial charge in [0.25, 0.3) is 0 Å². The highest BCUT2D eigenvalue weighted by Crippen LogP contribution is 2.29. The lowest BCUT2D eigenvalue weighted by molar-refractivity contribution is -0.137. The van der Waals surface area contributed by atoms with Gasteiger partial charge in [0.05, 0.1) is 12.1 Å². The maximum Gasteiger partial charge on any atom is 0.416 e.